The Bertz CT molecular complexity index is 1070. The van der Waals surface area contributed by atoms with Crippen molar-refractivity contribution in [2.75, 3.05) is 0 Å². The van der Waals surface area contributed by atoms with Crippen LogP contribution in [-0.4, -0.2) is 20.5 Å². The lowest BCUT2D eigenvalue weighted by Crippen LogP contribution is -2.28. The molecule has 24 heavy (non-hydrogen) atoms. The molecular formula is C15H14ClN3O5. The molecule has 2 aromatic heterocycles. The van der Waals surface area contributed by atoms with E-state index < -0.39 is 11.5 Å². The summed E-state index contributed by atoms with van der Waals surface area (Å²) in [5, 5.41) is 4.04. The Morgan fingerprint density at radius 1 is 1.50 bits per heavy atom. The minimum atomic E-state index is -0.645. The van der Waals surface area contributed by atoms with Crippen LogP contribution < -0.4 is 22.3 Å². The zero-order valence-electron chi connectivity index (χ0n) is 13.0. The molecule has 9 heteroatoms. The molecule has 2 atom stereocenters. The number of H-pyrrole nitrogens is 1. The van der Waals surface area contributed by atoms with Gasteiger partial charge in [0.1, 0.15) is 0 Å². The van der Waals surface area contributed by atoms with Crippen LogP contribution in [0.15, 0.2) is 30.2 Å². The quantitative estimate of drug-likeness (QED) is 0.759. The number of hydrogen-bond donors (Lipinski definition) is 1. The molecule has 1 aliphatic rings. The Balaban J connectivity index is 1.85. The first-order valence-electron chi connectivity index (χ1n) is 7.12. The summed E-state index contributed by atoms with van der Waals surface area (Å²) in [4.78, 5) is 37.3. The second-order valence-electron chi connectivity index (χ2n) is 5.67. The molecule has 2 aromatic rings. The predicted octanol–water partition coefficient (Wildman–Crippen LogP) is -0.269. The molecule has 0 aromatic carbocycles. The van der Waals surface area contributed by atoms with Gasteiger partial charge in [-0.25, -0.2) is 9.59 Å². The number of halogens is 1. The average Bonchev–Trinajstić information content (AvgIpc) is 3.16. The Kier molecular flexibility index (Phi) is 3.92. The Labute approximate surface area is 139 Å². The molecule has 2 heterocycles. The van der Waals surface area contributed by atoms with Crippen molar-refractivity contribution in [2.45, 2.75) is 19.3 Å². The lowest BCUT2D eigenvalue weighted by Gasteiger charge is -1.98. The van der Waals surface area contributed by atoms with E-state index in [-0.39, 0.29) is 28.1 Å². The number of hydrogen-bond acceptors (Lipinski definition) is 6. The van der Waals surface area contributed by atoms with Gasteiger partial charge in [0.25, 0.3) is 0 Å². The van der Waals surface area contributed by atoms with Crippen molar-refractivity contribution in [3.63, 3.8) is 0 Å². The van der Waals surface area contributed by atoms with Crippen molar-refractivity contribution < 1.29 is 13.7 Å². The van der Waals surface area contributed by atoms with Crippen molar-refractivity contribution >= 4 is 29.0 Å². The summed E-state index contributed by atoms with van der Waals surface area (Å²) >= 11 is 6.14. The minimum Gasteiger partial charge on any atom is -0.406 e. The van der Waals surface area contributed by atoms with E-state index in [0.717, 1.165) is 0 Å². The third-order valence-electron chi connectivity index (χ3n) is 4.01. The maximum absolute atomic E-state index is 12.4. The zero-order chi connectivity index (χ0) is 17.6. The molecule has 8 nitrogen and oxygen atoms in total. The van der Waals surface area contributed by atoms with Crippen LogP contribution in [0.2, 0.25) is 0 Å². The van der Waals surface area contributed by atoms with Gasteiger partial charge < -0.3 is 4.42 Å². The van der Waals surface area contributed by atoms with Gasteiger partial charge in [0.15, 0.2) is 17.0 Å². The Morgan fingerprint density at radius 3 is 2.75 bits per heavy atom. The van der Waals surface area contributed by atoms with Crippen molar-refractivity contribution in [3.05, 3.63) is 49.3 Å². The number of oxazole rings is 1. The highest BCUT2D eigenvalue weighted by Crippen LogP contribution is 2.47. The van der Waals surface area contributed by atoms with Crippen LogP contribution in [0.1, 0.15) is 25.1 Å². The third kappa shape index (κ3) is 2.80. The molecule has 0 spiro atoms. The summed E-state index contributed by atoms with van der Waals surface area (Å²) in [6.45, 7) is 5.33. The van der Waals surface area contributed by atoms with Crippen LogP contribution in [-0.2, 0) is 11.8 Å². The largest absolute Gasteiger partial charge is 0.438 e. The van der Waals surface area contributed by atoms with Crippen molar-refractivity contribution in [1.82, 2.24) is 14.7 Å². The van der Waals surface area contributed by atoms with E-state index in [1.165, 1.54) is 17.7 Å². The van der Waals surface area contributed by atoms with E-state index in [9.17, 15) is 14.4 Å². The van der Waals surface area contributed by atoms with E-state index in [1.807, 2.05) is 0 Å². The van der Waals surface area contributed by atoms with Crippen LogP contribution in [0, 0.1) is 5.92 Å². The number of aromatic amines is 1. The van der Waals surface area contributed by atoms with Gasteiger partial charge in [-0.3, -0.25) is 18.9 Å². The van der Waals surface area contributed by atoms with E-state index in [2.05, 4.69) is 21.2 Å². The fraction of sp³-hybridized carbons (Fsp3) is 0.333. The molecule has 1 aliphatic carbocycles. The molecule has 1 saturated carbocycles. The molecule has 3 rings (SSSR count). The Morgan fingerprint density at radius 2 is 2.21 bits per heavy atom. The smallest absolute Gasteiger partial charge is 0.406 e. The molecule has 126 valence electrons. The number of allylic oxidation sites excluding steroid dienone is 2. The Hall–Kier alpha value is -2.61. The fourth-order valence-corrected chi connectivity index (χ4v) is 2.78. The van der Waals surface area contributed by atoms with Gasteiger partial charge in [-0.15, -0.1) is 0 Å². The highest BCUT2D eigenvalue weighted by atomic mass is 35.5. The number of carbonyl (C=O) groups excluding carboxylic acids is 1. The summed E-state index contributed by atoms with van der Waals surface area (Å²) in [7, 11) is 1.51. The second kappa shape index (κ2) is 5.79. The summed E-state index contributed by atoms with van der Waals surface area (Å²) in [5.41, 5.74) is 0.536. The molecule has 0 bridgehead atoms. The minimum absolute atomic E-state index is 0.120. The number of nitrogens with zero attached hydrogens (tertiary/aromatic N) is 2. The number of Topliss-reactive ketones (excluding diaryl/α,β-unsaturated/α-hetero) is 1. The molecule has 0 unspecified atom stereocenters. The number of aromatic nitrogens is 3. The van der Waals surface area contributed by atoms with Gasteiger partial charge in [0, 0.05) is 18.9 Å². The van der Waals surface area contributed by atoms with Gasteiger partial charge in [0.05, 0.1) is 10.4 Å². The normalized spacial score (nSPS) is 21.7. The highest BCUT2D eigenvalue weighted by molar-refractivity contribution is 6.47. The molecule has 0 aliphatic heterocycles. The van der Waals surface area contributed by atoms with Gasteiger partial charge in [0.2, 0.25) is 0 Å². The van der Waals surface area contributed by atoms with Crippen LogP contribution in [0.25, 0.3) is 11.6 Å². The van der Waals surface area contributed by atoms with Crippen molar-refractivity contribution in [2.24, 2.45) is 13.0 Å². The first kappa shape index (κ1) is 16.3. The zero-order valence-corrected chi connectivity index (χ0v) is 13.7. The first-order chi connectivity index (χ1) is 11.3. The third-order valence-corrected chi connectivity index (χ3v) is 4.30. The van der Waals surface area contributed by atoms with E-state index >= 15 is 0 Å². The highest BCUT2D eigenvalue weighted by Gasteiger charge is 2.46. The van der Waals surface area contributed by atoms with Gasteiger partial charge >= 0.3 is 11.5 Å². The van der Waals surface area contributed by atoms with Crippen LogP contribution in [0.4, 0.5) is 0 Å². The maximum atomic E-state index is 12.4. The molecular weight excluding hydrogens is 338 g/mol. The van der Waals surface area contributed by atoms with E-state index in [0.29, 0.717) is 23.2 Å². The fourth-order valence-electron chi connectivity index (χ4n) is 2.47. The molecule has 1 N–H and O–H groups in total. The SMILES string of the molecule is C=c1/c(=C(Cl)\C=C(/C)C(=O)[C@H]2C[C@@H]2c2noc(=O)[nH]2)oc(=O)n1C. The average molecular weight is 352 g/mol. The summed E-state index contributed by atoms with van der Waals surface area (Å²) in [5.74, 6) is -1.42. The molecule has 0 amide bonds. The number of ketones is 1. The van der Waals surface area contributed by atoms with Crippen molar-refractivity contribution in [1.29, 1.82) is 0 Å². The molecule has 1 fully saturated rings. The lowest BCUT2D eigenvalue weighted by molar-refractivity contribution is -0.116. The monoisotopic (exact) mass is 351 g/mol. The van der Waals surface area contributed by atoms with Crippen LogP contribution in [0.3, 0.4) is 0 Å². The topological polar surface area (TPSA) is 111 Å². The van der Waals surface area contributed by atoms with Gasteiger partial charge in [-0.1, -0.05) is 23.3 Å². The first-order valence-corrected chi connectivity index (χ1v) is 7.50. The molecule has 0 radical (unpaired) electrons. The standard InChI is InChI=1S/C15H14ClN3O5/c1-6(4-10(16)12-7(2)19(3)15(22)23-12)11(20)8-5-9(8)13-17-14(21)24-18-13/h4,8-9H,2,5H2,1,3H3,(H,17,18,21)/b6-4+,12-10-/t8-,9-/m0/s1. The summed E-state index contributed by atoms with van der Waals surface area (Å²) in [6, 6.07) is 0. The summed E-state index contributed by atoms with van der Waals surface area (Å²) < 4.78 is 10.7. The molecule has 0 saturated heterocycles. The predicted molar refractivity (Wildman–Crippen MR) is 84.7 cm³/mol. The van der Waals surface area contributed by atoms with Gasteiger partial charge in [-0.2, -0.15) is 0 Å². The lowest BCUT2D eigenvalue weighted by atomic mass is 10.1. The second-order valence-corrected chi connectivity index (χ2v) is 6.08. The maximum Gasteiger partial charge on any atom is 0.438 e. The van der Waals surface area contributed by atoms with E-state index in [1.54, 1.807) is 6.92 Å². The van der Waals surface area contributed by atoms with Crippen LogP contribution in [0.5, 0.6) is 0 Å². The van der Waals surface area contributed by atoms with Gasteiger partial charge in [-0.05, 0) is 25.0 Å². The van der Waals surface area contributed by atoms with E-state index in [4.69, 9.17) is 16.0 Å². The number of rotatable bonds is 4. The van der Waals surface area contributed by atoms with Crippen molar-refractivity contribution in [3.8, 4) is 0 Å². The number of nitrogens with one attached hydrogen (secondary N) is 1. The number of carbonyl (C=O) groups is 1. The van der Waals surface area contributed by atoms with Crippen LogP contribution >= 0.6 is 11.6 Å². The summed E-state index contributed by atoms with van der Waals surface area (Å²) in [6.07, 6.45) is 2.02.